The second kappa shape index (κ2) is 8.85. The molecule has 4 heterocycles. The first-order chi connectivity index (χ1) is 15.8. The fraction of sp³-hybridized carbons (Fsp3) is 0.364. The zero-order chi connectivity index (χ0) is 23.0. The number of halogens is 4. The lowest BCUT2D eigenvalue weighted by Crippen LogP contribution is -2.56. The molecule has 1 aromatic carbocycles. The molecule has 0 bridgehead atoms. The number of nitrogens with one attached hydrogen (secondary N) is 1. The Kier molecular flexibility index (Phi) is 5.90. The van der Waals surface area contributed by atoms with Gasteiger partial charge in [0, 0.05) is 36.8 Å². The summed E-state index contributed by atoms with van der Waals surface area (Å²) in [6.45, 7) is 4.09. The van der Waals surface area contributed by atoms with E-state index in [1.165, 1.54) is 6.20 Å². The molecule has 2 saturated heterocycles. The molecule has 33 heavy (non-hydrogen) atoms. The zero-order valence-corrected chi connectivity index (χ0v) is 18.2. The molecule has 0 atom stereocenters. The summed E-state index contributed by atoms with van der Waals surface area (Å²) in [5.41, 5.74) is -0.0816. The Balaban J connectivity index is 1.36. The number of anilines is 3. The number of nitrogens with zero attached hydrogens (tertiary/aromatic N) is 4. The number of pyridine rings is 1. The lowest BCUT2D eigenvalue weighted by Gasteiger charge is -2.43. The van der Waals surface area contributed by atoms with Gasteiger partial charge in [-0.2, -0.15) is 13.2 Å². The standard InChI is InChI=1S/C22H21ClF3N5O2/c23-16-3-1-2-14(8-16)18-11-27-21(33-18)29-19-9-15(22(24,25)26)10-20(28-19)31-6-4-30(5-7-31)17-12-32-13-17/h1-3,8-11,17H,4-7,12-13H2,(H,27,28,29). The number of benzene rings is 1. The van der Waals surface area contributed by atoms with Crippen LogP contribution in [0.3, 0.4) is 0 Å². The summed E-state index contributed by atoms with van der Waals surface area (Å²) in [5.74, 6) is 0.705. The third kappa shape index (κ3) is 4.92. The summed E-state index contributed by atoms with van der Waals surface area (Å²) in [7, 11) is 0. The lowest BCUT2D eigenvalue weighted by molar-refractivity contribution is -0.137. The Bertz CT molecular complexity index is 1130. The smallest absolute Gasteiger partial charge is 0.416 e. The Morgan fingerprint density at radius 2 is 1.85 bits per heavy atom. The molecule has 11 heteroatoms. The third-order valence-corrected chi connectivity index (χ3v) is 6.00. The molecule has 0 aliphatic carbocycles. The van der Waals surface area contributed by atoms with Crippen molar-refractivity contribution < 1.29 is 22.3 Å². The van der Waals surface area contributed by atoms with Crippen molar-refractivity contribution in [2.75, 3.05) is 49.6 Å². The molecule has 174 valence electrons. The number of oxazole rings is 1. The first-order valence-electron chi connectivity index (χ1n) is 10.5. The maximum atomic E-state index is 13.6. The highest BCUT2D eigenvalue weighted by Crippen LogP contribution is 2.34. The van der Waals surface area contributed by atoms with Crippen LogP contribution in [0.5, 0.6) is 0 Å². The van der Waals surface area contributed by atoms with Crippen LogP contribution < -0.4 is 10.2 Å². The Morgan fingerprint density at radius 3 is 2.52 bits per heavy atom. The molecule has 1 N–H and O–H groups in total. The van der Waals surface area contributed by atoms with Crippen LogP contribution >= 0.6 is 11.6 Å². The van der Waals surface area contributed by atoms with Gasteiger partial charge in [-0.25, -0.2) is 9.97 Å². The predicted molar refractivity (Wildman–Crippen MR) is 118 cm³/mol. The molecule has 3 aromatic rings. The molecule has 5 rings (SSSR count). The number of hydrogen-bond acceptors (Lipinski definition) is 7. The van der Waals surface area contributed by atoms with Crippen LogP contribution in [0.15, 0.2) is 47.0 Å². The van der Waals surface area contributed by atoms with E-state index in [4.69, 9.17) is 20.8 Å². The van der Waals surface area contributed by atoms with Gasteiger partial charge in [0.2, 0.25) is 0 Å². The molecule has 0 saturated carbocycles. The van der Waals surface area contributed by atoms with Crippen molar-refractivity contribution in [1.82, 2.24) is 14.9 Å². The minimum Gasteiger partial charge on any atom is -0.423 e. The first-order valence-corrected chi connectivity index (χ1v) is 10.9. The van der Waals surface area contributed by atoms with Crippen LogP contribution in [-0.2, 0) is 10.9 Å². The minimum atomic E-state index is -4.51. The predicted octanol–water partition coefficient (Wildman–Crippen LogP) is 4.67. The number of rotatable bonds is 5. The van der Waals surface area contributed by atoms with Crippen molar-refractivity contribution in [2.45, 2.75) is 12.2 Å². The molecule has 0 radical (unpaired) electrons. The van der Waals surface area contributed by atoms with Crippen LogP contribution in [0, 0.1) is 0 Å². The first kappa shape index (κ1) is 22.0. The SMILES string of the molecule is FC(F)(F)c1cc(Nc2ncc(-c3cccc(Cl)c3)o2)nc(N2CCN(C3COC3)CC2)c1. The average molecular weight is 480 g/mol. The van der Waals surface area contributed by atoms with Gasteiger partial charge in [-0.1, -0.05) is 23.7 Å². The van der Waals surface area contributed by atoms with Crippen molar-refractivity contribution in [3.63, 3.8) is 0 Å². The van der Waals surface area contributed by atoms with Crippen molar-refractivity contribution in [3.8, 4) is 11.3 Å². The van der Waals surface area contributed by atoms with Gasteiger partial charge in [0.05, 0.1) is 31.0 Å². The number of alkyl halides is 3. The van der Waals surface area contributed by atoms with E-state index in [1.807, 2.05) is 4.90 Å². The molecule has 7 nitrogen and oxygen atoms in total. The van der Waals surface area contributed by atoms with Crippen molar-refractivity contribution in [3.05, 3.63) is 53.2 Å². The Hall–Kier alpha value is -2.82. The van der Waals surface area contributed by atoms with E-state index >= 15 is 0 Å². The van der Waals surface area contributed by atoms with Gasteiger partial charge in [-0.3, -0.25) is 10.2 Å². The van der Waals surface area contributed by atoms with Gasteiger partial charge in [0.1, 0.15) is 11.6 Å². The molecular weight excluding hydrogens is 459 g/mol. The van der Waals surface area contributed by atoms with Crippen LogP contribution in [0.25, 0.3) is 11.3 Å². The van der Waals surface area contributed by atoms with Gasteiger partial charge in [-0.05, 0) is 24.3 Å². The highest BCUT2D eigenvalue weighted by atomic mass is 35.5. The van der Waals surface area contributed by atoms with E-state index in [9.17, 15) is 13.2 Å². The molecular formula is C22H21ClF3N5O2. The number of ether oxygens (including phenoxy) is 1. The second-order valence-corrected chi connectivity index (χ2v) is 8.41. The highest BCUT2D eigenvalue weighted by Gasteiger charge is 2.34. The Labute approximate surface area is 193 Å². The highest BCUT2D eigenvalue weighted by molar-refractivity contribution is 6.30. The van der Waals surface area contributed by atoms with Crippen LogP contribution in [0.4, 0.5) is 30.8 Å². The van der Waals surface area contributed by atoms with E-state index in [0.717, 1.165) is 25.2 Å². The zero-order valence-electron chi connectivity index (χ0n) is 17.5. The van der Waals surface area contributed by atoms with E-state index in [-0.39, 0.29) is 17.7 Å². The largest absolute Gasteiger partial charge is 0.423 e. The van der Waals surface area contributed by atoms with E-state index < -0.39 is 11.7 Å². The molecule has 2 fully saturated rings. The Morgan fingerprint density at radius 1 is 1.06 bits per heavy atom. The normalized spacial score (nSPS) is 17.8. The summed E-state index contributed by atoms with van der Waals surface area (Å²) in [5, 5.41) is 3.31. The molecule has 2 aliphatic rings. The minimum absolute atomic E-state index is 0.00846. The van der Waals surface area contributed by atoms with Gasteiger partial charge >= 0.3 is 12.2 Å². The molecule has 0 unspecified atom stereocenters. The monoisotopic (exact) mass is 479 g/mol. The second-order valence-electron chi connectivity index (χ2n) is 7.98. The molecule has 2 aliphatic heterocycles. The van der Waals surface area contributed by atoms with E-state index in [2.05, 4.69) is 20.2 Å². The third-order valence-electron chi connectivity index (χ3n) is 5.76. The summed E-state index contributed by atoms with van der Waals surface area (Å²) in [6.07, 6.45) is -3.03. The fourth-order valence-corrected chi connectivity index (χ4v) is 4.06. The average Bonchev–Trinajstić information content (AvgIpc) is 3.21. The summed E-state index contributed by atoms with van der Waals surface area (Å²) >= 11 is 6.01. The maximum Gasteiger partial charge on any atom is 0.416 e. The van der Waals surface area contributed by atoms with Crippen molar-refractivity contribution in [2.24, 2.45) is 0 Å². The summed E-state index contributed by atoms with van der Waals surface area (Å²) in [4.78, 5) is 12.7. The molecule has 2 aromatic heterocycles. The maximum absolute atomic E-state index is 13.6. The van der Waals surface area contributed by atoms with Gasteiger partial charge in [0.15, 0.2) is 5.76 Å². The van der Waals surface area contributed by atoms with Gasteiger partial charge < -0.3 is 14.1 Å². The van der Waals surface area contributed by atoms with Crippen LogP contribution in [-0.4, -0.2) is 60.3 Å². The number of aromatic nitrogens is 2. The number of piperazine rings is 1. The van der Waals surface area contributed by atoms with Gasteiger partial charge in [-0.15, -0.1) is 0 Å². The van der Waals surface area contributed by atoms with Crippen LogP contribution in [0.1, 0.15) is 5.56 Å². The quantitative estimate of drug-likeness (QED) is 0.570. The van der Waals surface area contributed by atoms with Crippen LogP contribution in [0.2, 0.25) is 5.02 Å². The number of hydrogen-bond donors (Lipinski definition) is 1. The summed E-state index contributed by atoms with van der Waals surface area (Å²) < 4.78 is 51.7. The topological polar surface area (TPSA) is 66.7 Å². The fourth-order valence-electron chi connectivity index (χ4n) is 3.87. The van der Waals surface area contributed by atoms with E-state index in [0.29, 0.717) is 48.7 Å². The van der Waals surface area contributed by atoms with E-state index in [1.54, 1.807) is 24.3 Å². The summed E-state index contributed by atoms with van der Waals surface area (Å²) in [6, 6.07) is 9.48. The van der Waals surface area contributed by atoms with Crippen molar-refractivity contribution >= 4 is 29.3 Å². The van der Waals surface area contributed by atoms with Gasteiger partial charge in [0.25, 0.3) is 0 Å². The molecule has 0 amide bonds. The lowest BCUT2D eigenvalue weighted by atomic mass is 10.1. The molecule has 0 spiro atoms. The van der Waals surface area contributed by atoms with Crippen molar-refractivity contribution in [1.29, 1.82) is 0 Å².